The van der Waals surface area contributed by atoms with E-state index in [1.807, 2.05) is 29.2 Å². The fourth-order valence-corrected chi connectivity index (χ4v) is 6.00. The van der Waals surface area contributed by atoms with Crippen molar-refractivity contribution in [3.63, 3.8) is 0 Å². The molecule has 1 amide bonds. The molecule has 0 radical (unpaired) electrons. The molecule has 1 aliphatic carbocycles. The van der Waals surface area contributed by atoms with E-state index in [2.05, 4.69) is 13.8 Å². The van der Waals surface area contributed by atoms with Crippen LogP contribution >= 0.6 is 0 Å². The van der Waals surface area contributed by atoms with Gasteiger partial charge in [0.1, 0.15) is 11.9 Å². The Morgan fingerprint density at radius 1 is 1.03 bits per heavy atom. The molecule has 0 bridgehead atoms. The Bertz CT molecular complexity index is 849. The Morgan fingerprint density at radius 2 is 1.65 bits per heavy atom. The Labute approximate surface area is 188 Å². The first-order valence-electron chi connectivity index (χ1n) is 11.7. The number of amides is 1. The van der Waals surface area contributed by atoms with Crippen LogP contribution in [0.2, 0.25) is 0 Å². The van der Waals surface area contributed by atoms with E-state index in [0.29, 0.717) is 31.3 Å². The van der Waals surface area contributed by atoms with Gasteiger partial charge in [0.2, 0.25) is 5.91 Å². The molecule has 3 unspecified atom stereocenters. The summed E-state index contributed by atoms with van der Waals surface area (Å²) in [4.78, 5) is 14.6. The Kier molecular flexibility index (Phi) is 7.39. The molecule has 31 heavy (non-hydrogen) atoms. The average Bonchev–Trinajstić information content (AvgIpc) is 3.01. The van der Waals surface area contributed by atoms with Crippen molar-refractivity contribution in [3.05, 3.63) is 29.8 Å². The lowest BCUT2D eigenvalue weighted by Gasteiger charge is -2.33. The zero-order valence-corrected chi connectivity index (χ0v) is 20.6. The minimum absolute atomic E-state index is 0.115. The van der Waals surface area contributed by atoms with E-state index in [-0.39, 0.29) is 23.7 Å². The maximum absolute atomic E-state index is 12.7. The lowest BCUT2D eigenvalue weighted by molar-refractivity contribution is -0.131. The van der Waals surface area contributed by atoms with Crippen LogP contribution in [0.3, 0.4) is 0 Å². The molecule has 174 valence electrons. The van der Waals surface area contributed by atoms with Gasteiger partial charge in [-0.15, -0.1) is 0 Å². The number of carbonyl (C=O) groups is 1. The number of nitrogens with zero attached hydrogens (tertiary/aromatic N) is 1. The number of piperidine rings is 1. The highest BCUT2D eigenvalue weighted by atomic mass is 32.2. The summed E-state index contributed by atoms with van der Waals surface area (Å²) in [6.07, 6.45) is 4.50. The molecule has 0 aromatic heterocycles. The topological polar surface area (TPSA) is 63.7 Å². The highest BCUT2D eigenvalue weighted by Crippen LogP contribution is 2.34. The van der Waals surface area contributed by atoms with E-state index in [1.165, 1.54) is 6.42 Å². The van der Waals surface area contributed by atoms with Crippen LogP contribution in [0.5, 0.6) is 5.75 Å². The van der Waals surface area contributed by atoms with Crippen molar-refractivity contribution >= 4 is 15.7 Å². The van der Waals surface area contributed by atoms with Crippen LogP contribution in [-0.2, 0) is 21.1 Å². The molecule has 3 rings (SSSR count). The normalized spacial score (nSPS) is 25.6. The van der Waals surface area contributed by atoms with E-state index in [9.17, 15) is 13.2 Å². The average molecular weight is 450 g/mol. The summed E-state index contributed by atoms with van der Waals surface area (Å²) < 4.78 is 30.4. The number of ether oxygens (including phenoxy) is 1. The van der Waals surface area contributed by atoms with Crippen molar-refractivity contribution in [3.8, 4) is 5.75 Å². The van der Waals surface area contributed by atoms with Gasteiger partial charge in [0.15, 0.2) is 9.84 Å². The van der Waals surface area contributed by atoms with Crippen LogP contribution in [0, 0.1) is 17.8 Å². The number of rotatable bonds is 6. The number of sulfone groups is 1. The SMILES string of the molecule is CC1CCC(Oc2ccc(CC(=O)N3CCC(CS(=O)(=O)C(C)(C)C)CC3)cc2)C1C. The van der Waals surface area contributed by atoms with Gasteiger partial charge in [-0.3, -0.25) is 4.79 Å². The predicted octanol–water partition coefficient (Wildman–Crippen LogP) is 4.49. The third-order valence-electron chi connectivity index (χ3n) is 7.31. The zero-order valence-electron chi connectivity index (χ0n) is 19.8. The molecule has 3 atom stereocenters. The Balaban J connectivity index is 1.47. The molecule has 1 saturated carbocycles. The van der Waals surface area contributed by atoms with Crippen molar-refractivity contribution in [1.29, 1.82) is 0 Å². The molecular weight excluding hydrogens is 410 g/mol. The van der Waals surface area contributed by atoms with Gasteiger partial charge in [-0.1, -0.05) is 26.0 Å². The van der Waals surface area contributed by atoms with E-state index in [1.54, 1.807) is 20.8 Å². The summed E-state index contributed by atoms with van der Waals surface area (Å²) in [6.45, 7) is 11.1. The fraction of sp³-hybridized carbons (Fsp3) is 0.720. The minimum atomic E-state index is -3.12. The van der Waals surface area contributed by atoms with Crippen molar-refractivity contribution in [2.45, 2.75) is 77.6 Å². The molecule has 1 heterocycles. The summed E-state index contributed by atoms with van der Waals surface area (Å²) in [5.41, 5.74) is 0.989. The Morgan fingerprint density at radius 3 is 2.16 bits per heavy atom. The van der Waals surface area contributed by atoms with Gasteiger partial charge in [0.05, 0.1) is 16.9 Å². The number of hydrogen-bond acceptors (Lipinski definition) is 4. The minimum Gasteiger partial charge on any atom is -0.490 e. The lowest BCUT2D eigenvalue weighted by atomic mass is 9.98. The van der Waals surface area contributed by atoms with E-state index in [4.69, 9.17) is 4.74 Å². The molecule has 2 aliphatic rings. The van der Waals surface area contributed by atoms with Crippen LogP contribution in [0.15, 0.2) is 24.3 Å². The first-order valence-corrected chi connectivity index (χ1v) is 13.4. The lowest BCUT2D eigenvalue weighted by Crippen LogP contribution is -2.42. The van der Waals surface area contributed by atoms with Gasteiger partial charge < -0.3 is 9.64 Å². The maximum Gasteiger partial charge on any atom is 0.226 e. The van der Waals surface area contributed by atoms with Gasteiger partial charge in [-0.2, -0.15) is 0 Å². The standard InChI is InChI=1S/C25H39NO4S/c1-18-6-11-23(19(18)2)30-22-9-7-20(8-10-22)16-24(27)26-14-12-21(13-15-26)17-31(28,29)25(3,4)5/h7-10,18-19,21,23H,6,11-17H2,1-5H3. The van der Waals surface area contributed by atoms with E-state index >= 15 is 0 Å². The molecule has 0 spiro atoms. The summed E-state index contributed by atoms with van der Waals surface area (Å²) >= 11 is 0. The van der Waals surface area contributed by atoms with Gasteiger partial charge >= 0.3 is 0 Å². The van der Waals surface area contributed by atoms with Gasteiger partial charge in [0.25, 0.3) is 0 Å². The number of benzene rings is 1. The summed E-state index contributed by atoms with van der Waals surface area (Å²) in [7, 11) is -3.12. The highest BCUT2D eigenvalue weighted by Gasteiger charge is 2.34. The first-order chi connectivity index (χ1) is 14.5. The van der Waals surface area contributed by atoms with E-state index in [0.717, 1.165) is 30.6 Å². The van der Waals surface area contributed by atoms with E-state index < -0.39 is 14.6 Å². The largest absolute Gasteiger partial charge is 0.490 e. The second kappa shape index (κ2) is 9.51. The summed E-state index contributed by atoms with van der Waals surface area (Å²) in [6, 6.07) is 7.92. The van der Waals surface area contributed by atoms with Crippen LogP contribution < -0.4 is 4.74 Å². The molecule has 0 N–H and O–H groups in total. The monoisotopic (exact) mass is 449 g/mol. The molecule has 1 aliphatic heterocycles. The molecule has 5 nitrogen and oxygen atoms in total. The molecule has 1 aromatic rings. The first kappa shape index (κ1) is 24.1. The van der Waals surface area contributed by atoms with Crippen LogP contribution in [-0.4, -0.2) is 48.9 Å². The zero-order chi connectivity index (χ0) is 22.8. The second-order valence-electron chi connectivity index (χ2n) is 10.6. The smallest absolute Gasteiger partial charge is 0.226 e. The molecule has 2 fully saturated rings. The van der Waals surface area contributed by atoms with Crippen LogP contribution in [0.1, 0.15) is 65.9 Å². The number of carbonyl (C=O) groups excluding carboxylic acids is 1. The molecule has 1 aromatic carbocycles. The van der Waals surface area contributed by atoms with Crippen molar-refractivity contribution in [2.24, 2.45) is 17.8 Å². The van der Waals surface area contributed by atoms with Gasteiger partial charge in [-0.05, 0) is 81.9 Å². The van der Waals surface area contributed by atoms with Gasteiger partial charge in [0, 0.05) is 13.1 Å². The van der Waals surface area contributed by atoms with Gasteiger partial charge in [-0.25, -0.2) is 8.42 Å². The van der Waals surface area contributed by atoms with Crippen LogP contribution in [0.4, 0.5) is 0 Å². The summed E-state index contributed by atoms with van der Waals surface area (Å²) in [5.74, 6) is 2.64. The molecule has 6 heteroatoms. The third-order valence-corrected chi connectivity index (χ3v) is 10.1. The molecule has 1 saturated heterocycles. The summed E-state index contributed by atoms with van der Waals surface area (Å²) in [5, 5.41) is 0. The third kappa shape index (κ3) is 6.03. The number of likely N-dealkylation sites (tertiary alicyclic amines) is 1. The molecular formula is C25H39NO4S. The maximum atomic E-state index is 12.7. The predicted molar refractivity (Wildman–Crippen MR) is 125 cm³/mol. The second-order valence-corrected chi connectivity index (χ2v) is 13.4. The van der Waals surface area contributed by atoms with Crippen LogP contribution in [0.25, 0.3) is 0 Å². The quantitative estimate of drug-likeness (QED) is 0.642. The fourth-order valence-electron chi connectivity index (χ4n) is 4.54. The number of hydrogen-bond donors (Lipinski definition) is 0. The van der Waals surface area contributed by atoms with Crippen molar-refractivity contribution in [1.82, 2.24) is 4.90 Å². The highest BCUT2D eigenvalue weighted by molar-refractivity contribution is 7.92. The van der Waals surface area contributed by atoms with Crippen molar-refractivity contribution < 1.29 is 17.9 Å². The van der Waals surface area contributed by atoms with Crippen molar-refractivity contribution in [2.75, 3.05) is 18.8 Å². The Hall–Kier alpha value is -1.56.